The highest BCUT2D eigenvalue weighted by atomic mass is 32.2. The molecule has 0 saturated carbocycles. The molecule has 0 bridgehead atoms. The molecule has 1 amide bonds. The molecule has 1 aromatic heterocycles. The van der Waals surface area contributed by atoms with Gasteiger partial charge in [-0.3, -0.25) is 4.79 Å². The van der Waals surface area contributed by atoms with Gasteiger partial charge < -0.3 is 9.88 Å². The van der Waals surface area contributed by atoms with E-state index in [9.17, 15) is 18.5 Å². The predicted octanol–water partition coefficient (Wildman–Crippen LogP) is 3.58. The number of likely N-dealkylation sites (tertiary alicyclic amines) is 1. The lowest BCUT2D eigenvalue weighted by molar-refractivity contribution is -0.134. The lowest BCUT2D eigenvalue weighted by Gasteiger charge is -2.33. The summed E-state index contributed by atoms with van der Waals surface area (Å²) >= 11 is 0. The van der Waals surface area contributed by atoms with Gasteiger partial charge in [-0.2, -0.15) is 9.98 Å². The van der Waals surface area contributed by atoms with Gasteiger partial charge in [0, 0.05) is 30.2 Å². The summed E-state index contributed by atoms with van der Waals surface area (Å²) < 4.78 is 29.5. The number of hydrogen-bond acceptors (Lipinski definition) is 4. The van der Waals surface area contributed by atoms with Crippen molar-refractivity contribution in [3.63, 3.8) is 0 Å². The summed E-state index contributed by atoms with van der Waals surface area (Å²) in [6.07, 6.45) is 4.20. The Bertz CT molecular complexity index is 1280. The van der Waals surface area contributed by atoms with E-state index in [1.165, 1.54) is 0 Å². The lowest BCUT2D eigenvalue weighted by atomic mass is 9.97. The first-order valence-corrected chi connectivity index (χ1v) is 12.7. The van der Waals surface area contributed by atoms with Crippen molar-refractivity contribution in [1.82, 2.24) is 14.6 Å². The number of nitrogens with one attached hydrogen (secondary N) is 2. The molecule has 0 spiro atoms. The van der Waals surface area contributed by atoms with Crippen LogP contribution in [0.15, 0.2) is 59.6 Å². The second-order valence-corrected chi connectivity index (χ2v) is 10.4. The fourth-order valence-electron chi connectivity index (χ4n) is 4.37. The topological polar surface area (TPSA) is 106 Å². The highest BCUT2D eigenvalue weighted by Crippen LogP contribution is 2.24. The summed E-state index contributed by atoms with van der Waals surface area (Å²) in [6, 6.07) is 15.2. The number of carbonyl (C=O) groups excluding carboxylic acids is 1. The molecule has 1 saturated heterocycles. The molecule has 2 aromatic carbocycles. The first-order valence-electron chi connectivity index (χ1n) is 11.2. The number of hydrogen-bond donors (Lipinski definition) is 2. The van der Waals surface area contributed by atoms with E-state index in [0.717, 1.165) is 18.4 Å². The normalized spacial score (nSPS) is 15.9. The number of aromatic nitrogens is 1. The molecule has 1 atom stereocenters. The number of aryl methyl sites for hydroxylation is 1. The molecule has 7 nitrogen and oxygen atoms in total. The van der Waals surface area contributed by atoms with Gasteiger partial charge in [-0.25, -0.2) is 8.42 Å². The third-order valence-corrected chi connectivity index (χ3v) is 7.91. The Kier molecular flexibility index (Phi) is 6.82. The molecule has 1 unspecified atom stereocenters. The number of amides is 1. The maximum atomic E-state index is 13.4. The molecule has 2 heterocycles. The van der Waals surface area contributed by atoms with E-state index < -0.39 is 16.1 Å². The Hall–Kier alpha value is -3.15. The van der Waals surface area contributed by atoms with E-state index in [4.69, 9.17) is 0 Å². The molecule has 4 rings (SSSR count). The van der Waals surface area contributed by atoms with Crippen LogP contribution >= 0.6 is 0 Å². The minimum atomic E-state index is -3.95. The van der Waals surface area contributed by atoms with Crippen molar-refractivity contribution in [2.75, 3.05) is 13.1 Å². The van der Waals surface area contributed by atoms with Crippen LogP contribution in [0.25, 0.3) is 10.9 Å². The Balaban J connectivity index is 1.61. The fraction of sp³-hybridized carbons (Fsp3) is 0.360. The van der Waals surface area contributed by atoms with Gasteiger partial charge in [-0.1, -0.05) is 31.2 Å². The molecule has 2 N–H and O–H groups in total. The smallest absolute Gasteiger partial charge is 0.241 e. The highest BCUT2D eigenvalue weighted by Gasteiger charge is 2.31. The number of fused-ring (bicyclic) bond motifs is 1. The average Bonchev–Trinajstić information content (AvgIpc) is 3.31. The van der Waals surface area contributed by atoms with E-state index >= 15 is 0 Å². The zero-order chi connectivity index (χ0) is 23.4. The quantitative estimate of drug-likeness (QED) is 0.557. The summed E-state index contributed by atoms with van der Waals surface area (Å²) in [5.41, 5.74) is 2.06. The maximum Gasteiger partial charge on any atom is 0.241 e. The van der Waals surface area contributed by atoms with Crippen molar-refractivity contribution in [2.24, 2.45) is 5.92 Å². The first-order chi connectivity index (χ1) is 15.9. The van der Waals surface area contributed by atoms with Crippen LogP contribution in [-0.4, -0.2) is 43.3 Å². The number of rotatable bonds is 7. The molecule has 0 radical (unpaired) electrons. The molecule has 1 fully saturated rings. The van der Waals surface area contributed by atoms with Crippen LogP contribution in [0.1, 0.15) is 37.3 Å². The van der Waals surface area contributed by atoms with Gasteiger partial charge in [-0.05, 0) is 61.4 Å². The van der Waals surface area contributed by atoms with E-state index in [-0.39, 0.29) is 17.2 Å². The minimum Gasteiger partial charge on any atom is -0.361 e. The number of benzene rings is 2. The van der Waals surface area contributed by atoms with Crippen LogP contribution in [0.3, 0.4) is 0 Å². The van der Waals surface area contributed by atoms with E-state index in [1.807, 2.05) is 18.2 Å². The Labute approximate surface area is 194 Å². The van der Waals surface area contributed by atoms with Gasteiger partial charge >= 0.3 is 0 Å². The van der Waals surface area contributed by atoms with Gasteiger partial charge in [0.05, 0.1) is 16.5 Å². The van der Waals surface area contributed by atoms with Gasteiger partial charge in [0.2, 0.25) is 15.9 Å². The third kappa shape index (κ3) is 5.10. The van der Waals surface area contributed by atoms with Gasteiger partial charge in [0.25, 0.3) is 0 Å². The molecule has 3 aromatic rings. The largest absolute Gasteiger partial charge is 0.361 e. The van der Waals surface area contributed by atoms with Crippen LogP contribution in [0, 0.1) is 17.2 Å². The van der Waals surface area contributed by atoms with Gasteiger partial charge in [0.15, 0.2) is 0 Å². The molecule has 1 aliphatic rings. The number of carbonyl (C=O) groups is 1. The van der Waals surface area contributed by atoms with Crippen molar-refractivity contribution < 1.29 is 13.2 Å². The van der Waals surface area contributed by atoms with E-state index in [0.29, 0.717) is 41.9 Å². The number of nitrogens with zero attached hydrogens (tertiary/aromatic N) is 2. The van der Waals surface area contributed by atoms with Crippen LogP contribution < -0.4 is 4.72 Å². The molecular weight excluding hydrogens is 436 g/mol. The molecule has 33 heavy (non-hydrogen) atoms. The molecule has 0 aliphatic carbocycles. The van der Waals surface area contributed by atoms with Crippen molar-refractivity contribution in [1.29, 1.82) is 5.26 Å². The standard InChI is InChI=1S/C25H28N4O3S/c1-18-12-15-29(16-13-18)25(30)23(10-9-19-5-2-3-6-20(19)17-26)28-33(31,32)24-8-4-7-22-21(24)11-14-27-22/h2-8,11,14,18,23,27-28H,9-10,12-13,15-16H2,1H3. The molecule has 172 valence electrons. The number of nitriles is 1. The SMILES string of the molecule is CC1CCN(C(=O)C(CCc2ccccc2C#N)NS(=O)(=O)c2cccc3[nH]ccc23)CC1. The average molecular weight is 465 g/mol. The van der Waals surface area contributed by atoms with Crippen LogP contribution in [0.2, 0.25) is 0 Å². The highest BCUT2D eigenvalue weighted by molar-refractivity contribution is 7.89. The zero-order valence-electron chi connectivity index (χ0n) is 18.6. The van der Waals surface area contributed by atoms with Crippen molar-refractivity contribution in [3.8, 4) is 6.07 Å². The fourth-order valence-corrected chi connectivity index (χ4v) is 5.82. The van der Waals surface area contributed by atoms with Gasteiger partial charge in [0.1, 0.15) is 6.04 Å². The van der Waals surface area contributed by atoms with Crippen LogP contribution in [0.5, 0.6) is 0 Å². The number of sulfonamides is 1. The van der Waals surface area contributed by atoms with Crippen molar-refractivity contribution in [3.05, 3.63) is 65.9 Å². The summed E-state index contributed by atoms with van der Waals surface area (Å²) in [7, 11) is -3.95. The molecule has 1 aliphatic heterocycles. The predicted molar refractivity (Wildman–Crippen MR) is 127 cm³/mol. The summed E-state index contributed by atoms with van der Waals surface area (Å²) in [5, 5.41) is 9.98. The monoisotopic (exact) mass is 464 g/mol. The second kappa shape index (κ2) is 9.77. The Morgan fingerprint density at radius 1 is 1.18 bits per heavy atom. The van der Waals surface area contributed by atoms with Gasteiger partial charge in [-0.15, -0.1) is 0 Å². The Morgan fingerprint density at radius 2 is 1.94 bits per heavy atom. The number of H-pyrrole nitrogens is 1. The van der Waals surface area contributed by atoms with Crippen molar-refractivity contribution >= 4 is 26.8 Å². The Morgan fingerprint density at radius 3 is 2.70 bits per heavy atom. The minimum absolute atomic E-state index is 0.142. The lowest BCUT2D eigenvalue weighted by Crippen LogP contribution is -2.50. The van der Waals surface area contributed by atoms with Crippen molar-refractivity contribution in [2.45, 2.75) is 43.5 Å². The first kappa shape index (κ1) is 23.0. The number of piperidine rings is 1. The summed E-state index contributed by atoms with van der Waals surface area (Å²) in [6.45, 7) is 3.42. The van der Waals surface area contributed by atoms with E-state index in [2.05, 4.69) is 22.7 Å². The second-order valence-electron chi connectivity index (χ2n) is 8.68. The van der Waals surface area contributed by atoms with Crippen LogP contribution in [0.4, 0.5) is 0 Å². The molecule has 8 heteroatoms. The molecular formula is C25H28N4O3S. The zero-order valence-corrected chi connectivity index (χ0v) is 19.4. The van der Waals surface area contributed by atoms with E-state index in [1.54, 1.807) is 41.4 Å². The summed E-state index contributed by atoms with van der Waals surface area (Å²) in [4.78, 5) is 18.4. The number of aromatic amines is 1. The van der Waals surface area contributed by atoms with Crippen LogP contribution in [-0.2, 0) is 21.2 Å². The summed E-state index contributed by atoms with van der Waals surface area (Å²) in [5.74, 6) is 0.346. The third-order valence-electron chi connectivity index (χ3n) is 6.38. The maximum absolute atomic E-state index is 13.4.